The van der Waals surface area contributed by atoms with Gasteiger partial charge >= 0.3 is 0 Å². The van der Waals surface area contributed by atoms with E-state index in [1.54, 1.807) is 6.07 Å². The van der Waals surface area contributed by atoms with Crippen molar-refractivity contribution >= 4 is 26.4 Å². The molecule has 0 saturated carbocycles. The summed E-state index contributed by atoms with van der Waals surface area (Å²) in [6.07, 6.45) is 0. The van der Waals surface area contributed by atoms with E-state index in [1.807, 2.05) is 12.1 Å². The molecule has 1 aromatic heterocycles. The summed E-state index contributed by atoms with van der Waals surface area (Å²) in [7, 11) is -3.88. The first-order valence-corrected chi connectivity index (χ1v) is 9.48. The monoisotopic (exact) mass is 360 g/mol. The van der Waals surface area contributed by atoms with E-state index >= 15 is 0 Å². The molecule has 3 aromatic rings. The van der Waals surface area contributed by atoms with Crippen LogP contribution in [-0.4, -0.2) is 44.8 Å². The van der Waals surface area contributed by atoms with Crippen LogP contribution >= 0.6 is 0 Å². The summed E-state index contributed by atoms with van der Waals surface area (Å²) in [4.78, 5) is 2.10. The second kappa shape index (κ2) is 6.12. The summed E-state index contributed by atoms with van der Waals surface area (Å²) in [6.45, 7) is 3.49. The predicted octanol–water partition coefficient (Wildman–Crippen LogP) is 1.94. The Morgan fingerprint density at radius 3 is 2.64 bits per heavy atom. The van der Waals surface area contributed by atoms with Crippen molar-refractivity contribution in [3.8, 4) is 0 Å². The number of fused-ring (bicyclic) bond motifs is 1. The van der Waals surface area contributed by atoms with Crippen molar-refractivity contribution in [2.24, 2.45) is 0 Å². The summed E-state index contributed by atoms with van der Waals surface area (Å²) in [5.41, 5.74) is 1.51. The van der Waals surface area contributed by atoms with Gasteiger partial charge < -0.3 is 10.2 Å². The number of nitrogens with zero attached hydrogens (tertiary/aromatic N) is 2. The number of nitrogens with one attached hydrogen (secondary N) is 2. The molecule has 0 unspecified atom stereocenters. The second-order valence-corrected chi connectivity index (χ2v) is 7.84. The van der Waals surface area contributed by atoms with Crippen LogP contribution in [0.1, 0.15) is 0 Å². The molecule has 1 fully saturated rings. The molecular weight excluding hydrogens is 343 g/mol. The number of sulfone groups is 1. The number of benzene rings is 2. The van der Waals surface area contributed by atoms with Crippen molar-refractivity contribution in [2.75, 3.05) is 31.1 Å². The van der Waals surface area contributed by atoms with Crippen molar-refractivity contribution in [2.45, 2.75) is 9.92 Å². The molecule has 1 aliphatic heterocycles. The van der Waals surface area contributed by atoms with Crippen molar-refractivity contribution in [1.82, 2.24) is 15.5 Å². The fraction of sp³-hybridized carbons (Fsp3) is 0.235. The average Bonchev–Trinajstić information content (AvgIpc) is 3.06. The number of hydrogen-bond acceptors (Lipinski definition) is 5. The van der Waals surface area contributed by atoms with Gasteiger partial charge in [-0.25, -0.2) is 12.8 Å². The molecule has 1 aliphatic rings. The Labute approximate surface area is 144 Å². The average molecular weight is 360 g/mol. The van der Waals surface area contributed by atoms with E-state index in [-0.39, 0.29) is 9.92 Å². The normalized spacial score (nSPS) is 15.6. The Kier molecular flexibility index (Phi) is 3.93. The molecule has 130 valence electrons. The molecule has 0 amide bonds. The highest BCUT2D eigenvalue weighted by molar-refractivity contribution is 7.91. The van der Waals surface area contributed by atoms with Crippen LogP contribution in [0.3, 0.4) is 0 Å². The number of piperazine rings is 1. The SMILES string of the molecule is O=S(=O)(c1cccc(F)c1)c1[nH]nc2ccc(N3CCNCC3)cc12. The Morgan fingerprint density at radius 2 is 1.88 bits per heavy atom. The van der Waals surface area contributed by atoms with Gasteiger partial charge in [0.05, 0.1) is 10.4 Å². The standard InChI is InChI=1S/C17H17FN4O2S/c18-12-2-1-3-14(10-12)25(23,24)17-15-11-13(4-5-16(15)20-21-17)22-8-6-19-7-9-22/h1-5,10-11,19H,6-9H2,(H,20,21). The summed E-state index contributed by atoms with van der Waals surface area (Å²) >= 11 is 0. The summed E-state index contributed by atoms with van der Waals surface area (Å²) < 4.78 is 39.2. The highest BCUT2D eigenvalue weighted by Gasteiger charge is 2.24. The number of rotatable bonds is 3. The van der Waals surface area contributed by atoms with Gasteiger partial charge in [0, 0.05) is 37.3 Å². The molecule has 25 heavy (non-hydrogen) atoms. The zero-order valence-corrected chi connectivity index (χ0v) is 14.2. The number of aromatic nitrogens is 2. The van der Waals surface area contributed by atoms with Crippen LogP contribution in [-0.2, 0) is 9.84 Å². The maximum Gasteiger partial charge on any atom is 0.224 e. The van der Waals surface area contributed by atoms with Gasteiger partial charge in [0.2, 0.25) is 9.84 Å². The molecule has 2 heterocycles. The van der Waals surface area contributed by atoms with E-state index in [0.29, 0.717) is 10.9 Å². The van der Waals surface area contributed by atoms with Crippen LogP contribution in [0.25, 0.3) is 10.9 Å². The molecule has 1 saturated heterocycles. The Hall–Kier alpha value is -2.45. The van der Waals surface area contributed by atoms with Gasteiger partial charge in [-0.15, -0.1) is 0 Å². The topological polar surface area (TPSA) is 78.1 Å². The minimum atomic E-state index is -3.88. The zero-order valence-electron chi connectivity index (χ0n) is 13.4. The van der Waals surface area contributed by atoms with E-state index in [0.717, 1.165) is 37.9 Å². The van der Waals surface area contributed by atoms with Crippen LogP contribution in [0.2, 0.25) is 0 Å². The lowest BCUT2D eigenvalue weighted by Gasteiger charge is -2.29. The molecule has 0 bridgehead atoms. The fourth-order valence-electron chi connectivity index (χ4n) is 3.05. The zero-order chi connectivity index (χ0) is 17.4. The quantitative estimate of drug-likeness (QED) is 0.746. The molecule has 8 heteroatoms. The van der Waals surface area contributed by atoms with Gasteiger partial charge in [-0.3, -0.25) is 5.10 Å². The van der Waals surface area contributed by atoms with Gasteiger partial charge in [0.25, 0.3) is 0 Å². The van der Waals surface area contributed by atoms with Gasteiger partial charge in [-0.1, -0.05) is 6.07 Å². The van der Waals surface area contributed by atoms with Gasteiger partial charge in [-0.05, 0) is 36.4 Å². The van der Waals surface area contributed by atoms with E-state index < -0.39 is 15.7 Å². The maximum atomic E-state index is 13.5. The first kappa shape index (κ1) is 16.0. The molecule has 4 rings (SSSR count). The molecule has 0 atom stereocenters. The highest BCUT2D eigenvalue weighted by atomic mass is 32.2. The lowest BCUT2D eigenvalue weighted by atomic mass is 10.2. The van der Waals surface area contributed by atoms with Crippen LogP contribution in [0.4, 0.5) is 10.1 Å². The lowest BCUT2D eigenvalue weighted by Crippen LogP contribution is -2.43. The van der Waals surface area contributed by atoms with Gasteiger partial charge in [-0.2, -0.15) is 5.10 Å². The number of anilines is 1. The van der Waals surface area contributed by atoms with Crippen molar-refractivity contribution in [3.63, 3.8) is 0 Å². The smallest absolute Gasteiger partial charge is 0.224 e. The van der Waals surface area contributed by atoms with Crippen LogP contribution < -0.4 is 10.2 Å². The Morgan fingerprint density at radius 1 is 1.08 bits per heavy atom. The van der Waals surface area contributed by atoms with Crippen LogP contribution in [0, 0.1) is 5.82 Å². The molecule has 2 aromatic carbocycles. The predicted molar refractivity (Wildman–Crippen MR) is 93.0 cm³/mol. The molecular formula is C17H17FN4O2S. The third-order valence-corrected chi connectivity index (χ3v) is 6.08. The molecule has 0 aliphatic carbocycles. The number of hydrogen-bond donors (Lipinski definition) is 2. The minimum absolute atomic E-state index is 0.00918. The summed E-state index contributed by atoms with van der Waals surface area (Å²) in [6, 6.07) is 10.6. The lowest BCUT2D eigenvalue weighted by molar-refractivity contribution is 0.587. The van der Waals surface area contributed by atoms with E-state index in [4.69, 9.17) is 0 Å². The largest absolute Gasteiger partial charge is 0.369 e. The third kappa shape index (κ3) is 2.87. The van der Waals surface area contributed by atoms with E-state index in [9.17, 15) is 12.8 Å². The summed E-state index contributed by atoms with van der Waals surface area (Å²) in [5.74, 6) is -0.591. The van der Waals surface area contributed by atoms with Gasteiger partial charge in [0.1, 0.15) is 5.82 Å². The van der Waals surface area contributed by atoms with Crippen molar-refractivity contribution in [1.29, 1.82) is 0 Å². The van der Waals surface area contributed by atoms with E-state index in [1.165, 1.54) is 18.2 Å². The maximum absolute atomic E-state index is 13.5. The first-order valence-electron chi connectivity index (χ1n) is 8.00. The minimum Gasteiger partial charge on any atom is -0.369 e. The molecule has 6 nitrogen and oxygen atoms in total. The highest BCUT2D eigenvalue weighted by Crippen LogP contribution is 2.29. The van der Waals surface area contributed by atoms with E-state index in [2.05, 4.69) is 20.4 Å². The van der Waals surface area contributed by atoms with Gasteiger partial charge in [0.15, 0.2) is 5.03 Å². The molecule has 0 radical (unpaired) electrons. The number of H-pyrrole nitrogens is 1. The van der Waals surface area contributed by atoms with Crippen LogP contribution in [0.5, 0.6) is 0 Å². The van der Waals surface area contributed by atoms with Crippen molar-refractivity contribution in [3.05, 3.63) is 48.3 Å². The second-order valence-electron chi connectivity index (χ2n) is 5.95. The third-order valence-electron chi connectivity index (χ3n) is 4.36. The Balaban J connectivity index is 1.82. The molecule has 2 N–H and O–H groups in total. The number of halogens is 1. The summed E-state index contributed by atoms with van der Waals surface area (Å²) in [5, 5.41) is 10.5. The Bertz CT molecular complexity index is 1030. The number of aromatic amines is 1. The van der Waals surface area contributed by atoms with Crippen molar-refractivity contribution < 1.29 is 12.8 Å². The van der Waals surface area contributed by atoms with Crippen LogP contribution in [0.15, 0.2) is 52.4 Å². The fourth-order valence-corrected chi connectivity index (χ4v) is 4.43. The molecule has 0 spiro atoms. The first-order chi connectivity index (χ1) is 12.1.